The van der Waals surface area contributed by atoms with Crippen LogP contribution < -0.4 is 10.6 Å². The monoisotopic (exact) mass is 290 g/mol. The van der Waals surface area contributed by atoms with Gasteiger partial charge in [0.25, 0.3) is 0 Å². The smallest absolute Gasteiger partial charge is 0.243 e. The molecular weight excluding hydrogens is 274 g/mol. The second-order valence-electron chi connectivity index (χ2n) is 4.82. The number of carbonyl (C=O) groups excluding carboxylic acids is 1. The first-order valence-corrected chi connectivity index (χ1v) is 6.52. The largest absolute Gasteiger partial charge is 0.371 e. The van der Waals surface area contributed by atoms with Crippen molar-refractivity contribution in [2.45, 2.75) is 13.8 Å². The van der Waals surface area contributed by atoms with Crippen LogP contribution in [0.2, 0.25) is 0 Å². The van der Waals surface area contributed by atoms with Gasteiger partial charge in [-0.05, 0) is 43.2 Å². The van der Waals surface area contributed by atoms with Crippen LogP contribution in [0.1, 0.15) is 11.1 Å². The van der Waals surface area contributed by atoms with E-state index < -0.39 is 11.6 Å². The molecule has 0 heterocycles. The molecule has 0 bridgehead atoms. The Labute approximate surface area is 122 Å². The van der Waals surface area contributed by atoms with Crippen molar-refractivity contribution in [3.8, 4) is 0 Å². The Morgan fingerprint density at radius 1 is 1.14 bits per heavy atom. The van der Waals surface area contributed by atoms with Crippen LogP contribution in [0.4, 0.5) is 20.2 Å². The first-order valence-electron chi connectivity index (χ1n) is 6.52. The number of aryl methyl sites for hydroxylation is 2. The minimum atomic E-state index is -0.721. The van der Waals surface area contributed by atoms with Crippen molar-refractivity contribution in [1.29, 1.82) is 0 Å². The molecule has 2 N–H and O–H groups in total. The molecule has 0 fully saturated rings. The van der Waals surface area contributed by atoms with Crippen LogP contribution in [0.5, 0.6) is 0 Å². The van der Waals surface area contributed by atoms with Gasteiger partial charge in [0.1, 0.15) is 11.5 Å². The summed E-state index contributed by atoms with van der Waals surface area (Å²) < 4.78 is 27.3. The van der Waals surface area contributed by atoms with E-state index in [-0.39, 0.29) is 18.1 Å². The fraction of sp³-hybridized carbons (Fsp3) is 0.188. The van der Waals surface area contributed by atoms with Gasteiger partial charge in [0, 0.05) is 5.69 Å². The van der Waals surface area contributed by atoms with E-state index >= 15 is 0 Å². The van der Waals surface area contributed by atoms with Gasteiger partial charge in [-0.15, -0.1) is 0 Å². The zero-order valence-corrected chi connectivity index (χ0v) is 11.8. The molecule has 0 aliphatic rings. The zero-order valence-electron chi connectivity index (χ0n) is 11.8. The van der Waals surface area contributed by atoms with Crippen LogP contribution in [0.25, 0.3) is 0 Å². The Morgan fingerprint density at radius 2 is 1.90 bits per heavy atom. The molecule has 0 aliphatic heterocycles. The Bertz CT molecular complexity index is 671. The normalized spacial score (nSPS) is 10.3. The molecule has 0 saturated carbocycles. The maximum Gasteiger partial charge on any atom is 0.243 e. The number of rotatable bonds is 4. The fourth-order valence-corrected chi connectivity index (χ4v) is 1.92. The third-order valence-electron chi connectivity index (χ3n) is 3.01. The van der Waals surface area contributed by atoms with E-state index in [1.165, 1.54) is 19.1 Å². The lowest BCUT2D eigenvalue weighted by atomic mass is 10.2. The quantitative estimate of drug-likeness (QED) is 0.902. The number of hydrogen-bond donors (Lipinski definition) is 2. The van der Waals surface area contributed by atoms with E-state index in [2.05, 4.69) is 10.6 Å². The minimum absolute atomic E-state index is 0.217. The van der Waals surface area contributed by atoms with Crippen molar-refractivity contribution in [3.63, 3.8) is 0 Å². The summed E-state index contributed by atoms with van der Waals surface area (Å²) in [6.07, 6.45) is 0. The fourth-order valence-electron chi connectivity index (χ4n) is 1.92. The van der Waals surface area contributed by atoms with Crippen LogP contribution in [0.3, 0.4) is 0 Å². The summed E-state index contributed by atoms with van der Waals surface area (Å²) in [4.78, 5) is 11.8. The summed E-state index contributed by atoms with van der Waals surface area (Å²) in [6, 6.07) is 9.80. The topological polar surface area (TPSA) is 41.1 Å². The molecule has 0 saturated heterocycles. The molecule has 0 radical (unpaired) electrons. The van der Waals surface area contributed by atoms with Gasteiger partial charge in [-0.1, -0.05) is 18.2 Å². The van der Waals surface area contributed by atoms with Crippen LogP contribution in [-0.4, -0.2) is 12.5 Å². The third kappa shape index (κ3) is 3.78. The maximum absolute atomic E-state index is 13.8. The highest BCUT2D eigenvalue weighted by atomic mass is 19.1. The van der Waals surface area contributed by atoms with E-state index in [1.807, 2.05) is 25.1 Å². The Balaban J connectivity index is 2.00. The molecule has 0 spiro atoms. The van der Waals surface area contributed by atoms with Crippen LogP contribution in [-0.2, 0) is 4.79 Å². The minimum Gasteiger partial charge on any atom is -0.371 e. The molecule has 3 nitrogen and oxygen atoms in total. The molecule has 0 atom stereocenters. The molecular formula is C16H16F2N2O. The number of nitrogens with one attached hydrogen (secondary N) is 2. The summed E-state index contributed by atoms with van der Waals surface area (Å²) in [5.41, 5.74) is 1.69. The first-order chi connectivity index (χ1) is 9.97. The zero-order chi connectivity index (χ0) is 15.4. The van der Waals surface area contributed by atoms with E-state index in [9.17, 15) is 13.6 Å². The summed E-state index contributed by atoms with van der Waals surface area (Å²) >= 11 is 0. The predicted molar refractivity (Wildman–Crippen MR) is 79.4 cm³/mol. The Hall–Kier alpha value is -2.43. The average molecular weight is 290 g/mol. The molecule has 2 aromatic carbocycles. The van der Waals surface area contributed by atoms with Crippen molar-refractivity contribution in [2.75, 3.05) is 17.2 Å². The molecule has 0 aromatic heterocycles. The van der Waals surface area contributed by atoms with Gasteiger partial charge in [0.05, 0.1) is 6.54 Å². The van der Waals surface area contributed by atoms with Crippen molar-refractivity contribution in [2.24, 2.45) is 0 Å². The summed E-state index contributed by atoms with van der Waals surface area (Å²) in [5, 5.41) is 5.15. The molecule has 5 heteroatoms. The second-order valence-corrected chi connectivity index (χ2v) is 4.82. The number of amides is 1. The molecule has 21 heavy (non-hydrogen) atoms. The van der Waals surface area contributed by atoms with E-state index in [1.54, 1.807) is 6.07 Å². The van der Waals surface area contributed by atoms with Gasteiger partial charge in [0.15, 0.2) is 5.82 Å². The summed E-state index contributed by atoms with van der Waals surface area (Å²) in [7, 11) is 0. The van der Waals surface area contributed by atoms with Crippen molar-refractivity contribution in [1.82, 2.24) is 0 Å². The standard InChI is InChI=1S/C16H16F2N2O/c1-10-4-3-5-12(8-10)20-14(21)9-19-16-13(17)7-6-11(2)15(16)18/h3-8,19H,9H2,1-2H3,(H,20,21). The molecule has 0 aliphatic carbocycles. The Morgan fingerprint density at radius 3 is 2.62 bits per heavy atom. The van der Waals surface area contributed by atoms with Crippen LogP contribution in [0.15, 0.2) is 36.4 Å². The molecule has 0 unspecified atom stereocenters. The number of anilines is 2. The van der Waals surface area contributed by atoms with Crippen LogP contribution in [0, 0.1) is 25.5 Å². The summed E-state index contributed by atoms with van der Waals surface area (Å²) in [6.45, 7) is 3.23. The average Bonchev–Trinajstić information content (AvgIpc) is 2.43. The number of hydrogen-bond acceptors (Lipinski definition) is 2. The highest BCUT2D eigenvalue weighted by Gasteiger charge is 2.12. The molecule has 2 rings (SSSR count). The molecule has 2 aromatic rings. The lowest BCUT2D eigenvalue weighted by Crippen LogP contribution is -2.22. The van der Waals surface area contributed by atoms with Gasteiger partial charge >= 0.3 is 0 Å². The highest BCUT2D eigenvalue weighted by molar-refractivity contribution is 5.93. The predicted octanol–water partition coefficient (Wildman–Crippen LogP) is 3.63. The number of benzene rings is 2. The summed E-state index contributed by atoms with van der Waals surface area (Å²) in [5.74, 6) is -1.78. The van der Waals surface area contributed by atoms with Crippen LogP contribution >= 0.6 is 0 Å². The lowest BCUT2D eigenvalue weighted by Gasteiger charge is -2.11. The van der Waals surface area contributed by atoms with E-state index in [0.717, 1.165) is 5.56 Å². The maximum atomic E-state index is 13.8. The molecule has 110 valence electrons. The number of carbonyl (C=O) groups is 1. The van der Waals surface area contributed by atoms with E-state index in [0.29, 0.717) is 11.3 Å². The SMILES string of the molecule is Cc1cccc(NC(=O)CNc2c(F)ccc(C)c2F)c1. The van der Waals surface area contributed by atoms with Crippen molar-refractivity contribution < 1.29 is 13.6 Å². The lowest BCUT2D eigenvalue weighted by molar-refractivity contribution is -0.114. The van der Waals surface area contributed by atoms with Crippen molar-refractivity contribution >= 4 is 17.3 Å². The third-order valence-corrected chi connectivity index (χ3v) is 3.01. The van der Waals surface area contributed by atoms with Gasteiger partial charge in [-0.25, -0.2) is 8.78 Å². The highest BCUT2D eigenvalue weighted by Crippen LogP contribution is 2.21. The van der Waals surface area contributed by atoms with Gasteiger partial charge < -0.3 is 10.6 Å². The second kappa shape index (κ2) is 6.35. The van der Waals surface area contributed by atoms with E-state index in [4.69, 9.17) is 0 Å². The molecule has 1 amide bonds. The van der Waals surface area contributed by atoms with Crippen molar-refractivity contribution in [3.05, 3.63) is 59.2 Å². The van der Waals surface area contributed by atoms with Gasteiger partial charge in [0.2, 0.25) is 5.91 Å². The van der Waals surface area contributed by atoms with Gasteiger partial charge in [-0.2, -0.15) is 0 Å². The number of halogens is 2. The Kier molecular flexibility index (Phi) is 4.52. The first kappa shape index (κ1) is 15.0. The van der Waals surface area contributed by atoms with Gasteiger partial charge in [-0.3, -0.25) is 4.79 Å².